The number of thiophene rings is 1. The second kappa shape index (κ2) is 10.3. The van der Waals surface area contributed by atoms with E-state index in [1.165, 1.54) is 11.3 Å². The van der Waals surface area contributed by atoms with Crippen molar-refractivity contribution in [3.05, 3.63) is 82.0 Å². The average molecular weight is 410 g/mol. The molecule has 0 aliphatic carbocycles. The maximum atomic E-state index is 12.2. The third-order valence-electron chi connectivity index (χ3n) is 4.11. The van der Waals surface area contributed by atoms with Crippen LogP contribution in [0.25, 0.3) is 0 Å². The maximum Gasteiger partial charge on any atom is 0.261 e. The highest BCUT2D eigenvalue weighted by molar-refractivity contribution is 7.12. The van der Waals surface area contributed by atoms with Gasteiger partial charge in [0.1, 0.15) is 18.1 Å². The molecule has 2 aromatic carbocycles. The summed E-state index contributed by atoms with van der Waals surface area (Å²) >= 11 is 1.40. The molecule has 0 bridgehead atoms. The first-order chi connectivity index (χ1) is 14.2. The Labute approximate surface area is 173 Å². The molecule has 1 heterocycles. The van der Waals surface area contributed by atoms with E-state index in [1.807, 2.05) is 41.8 Å². The van der Waals surface area contributed by atoms with Gasteiger partial charge >= 0.3 is 0 Å². The van der Waals surface area contributed by atoms with E-state index in [-0.39, 0.29) is 11.8 Å². The Bertz CT molecular complexity index is 940. The zero-order valence-corrected chi connectivity index (χ0v) is 16.8. The predicted octanol–water partition coefficient (Wildman–Crippen LogP) is 3.50. The zero-order chi connectivity index (χ0) is 20.5. The molecule has 0 radical (unpaired) electrons. The van der Waals surface area contributed by atoms with Crippen LogP contribution in [0.1, 0.15) is 25.6 Å². The van der Waals surface area contributed by atoms with Gasteiger partial charge < -0.3 is 20.1 Å². The van der Waals surface area contributed by atoms with Gasteiger partial charge in [-0.15, -0.1) is 11.3 Å². The number of rotatable bonds is 9. The van der Waals surface area contributed by atoms with E-state index in [2.05, 4.69) is 10.6 Å². The Morgan fingerprint density at radius 3 is 2.45 bits per heavy atom. The molecular formula is C22H22N2O4S. The topological polar surface area (TPSA) is 76.7 Å². The van der Waals surface area contributed by atoms with Crippen molar-refractivity contribution in [2.75, 3.05) is 20.3 Å². The molecule has 0 aliphatic rings. The van der Waals surface area contributed by atoms with E-state index < -0.39 is 0 Å². The Balaban J connectivity index is 1.41. The Kier molecular flexibility index (Phi) is 7.24. The second-order valence-electron chi connectivity index (χ2n) is 6.14. The highest BCUT2D eigenvalue weighted by atomic mass is 32.1. The minimum absolute atomic E-state index is 0.0992. The van der Waals surface area contributed by atoms with Crippen molar-refractivity contribution >= 4 is 23.2 Å². The van der Waals surface area contributed by atoms with Gasteiger partial charge in [0.2, 0.25) is 0 Å². The van der Waals surface area contributed by atoms with Crippen molar-refractivity contribution in [3.8, 4) is 11.5 Å². The SMILES string of the molecule is COc1cccc(OCCNC(=O)c2ccc(CNC(=O)c3cccs3)cc2)c1. The van der Waals surface area contributed by atoms with Gasteiger partial charge in [-0.25, -0.2) is 0 Å². The van der Waals surface area contributed by atoms with Crippen LogP contribution in [0, 0.1) is 0 Å². The fourth-order valence-corrected chi connectivity index (χ4v) is 3.22. The number of ether oxygens (including phenoxy) is 2. The first kappa shape index (κ1) is 20.4. The normalized spacial score (nSPS) is 10.2. The lowest BCUT2D eigenvalue weighted by atomic mass is 10.1. The molecule has 0 atom stereocenters. The van der Waals surface area contributed by atoms with Gasteiger partial charge in [0.25, 0.3) is 11.8 Å². The fraction of sp³-hybridized carbons (Fsp3) is 0.182. The van der Waals surface area contributed by atoms with Crippen molar-refractivity contribution in [2.45, 2.75) is 6.54 Å². The van der Waals surface area contributed by atoms with Crippen LogP contribution in [0.4, 0.5) is 0 Å². The number of hydrogen-bond donors (Lipinski definition) is 2. The van der Waals surface area contributed by atoms with E-state index in [0.717, 1.165) is 11.3 Å². The van der Waals surface area contributed by atoms with Crippen LogP contribution in [-0.2, 0) is 6.54 Å². The van der Waals surface area contributed by atoms with Gasteiger partial charge in [0, 0.05) is 18.2 Å². The molecule has 3 aromatic rings. The summed E-state index contributed by atoms with van der Waals surface area (Å²) in [6, 6.07) is 18.1. The molecule has 0 unspecified atom stereocenters. The molecule has 0 saturated carbocycles. The molecule has 0 saturated heterocycles. The monoisotopic (exact) mass is 410 g/mol. The Morgan fingerprint density at radius 1 is 0.931 bits per heavy atom. The first-order valence-electron chi connectivity index (χ1n) is 9.11. The Hall–Kier alpha value is -3.32. The number of amides is 2. The molecule has 150 valence electrons. The van der Waals surface area contributed by atoms with Crippen molar-refractivity contribution in [3.63, 3.8) is 0 Å². The van der Waals surface area contributed by atoms with Crippen LogP contribution in [0.2, 0.25) is 0 Å². The number of methoxy groups -OCH3 is 1. The smallest absolute Gasteiger partial charge is 0.261 e. The molecular weight excluding hydrogens is 388 g/mol. The van der Waals surface area contributed by atoms with Crippen LogP contribution >= 0.6 is 11.3 Å². The summed E-state index contributed by atoms with van der Waals surface area (Å²) < 4.78 is 10.7. The van der Waals surface area contributed by atoms with E-state index in [4.69, 9.17) is 9.47 Å². The van der Waals surface area contributed by atoms with Crippen molar-refractivity contribution < 1.29 is 19.1 Å². The zero-order valence-electron chi connectivity index (χ0n) is 16.0. The second-order valence-corrected chi connectivity index (χ2v) is 7.09. The summed E-state index contributed by atoms with van der Waals surface area (Å²) in [5, 5.41) is 7.55. The molecule has 7 heteroatoms. The van der Waals surface area contributed by atoms with Gasteiger partial charge in [-0.2, -0.15) is 0 Å². The van der Waals surface area contributed by atoms with E-state index in [9.17, 15) is 9.59 Å². The molecule has 2 amide bonds. The minimum Gasteiger partial charge on any atom is -0.497 e. The van der Waals surface area contributed by atoms with Crippen LogP contribution in [0.15, 0.2) is 66.0 Å². The van der Waals surface area contributed by atoms with Crippen LogP contribution in [0.3, 0.4) is 0 Å². The van der Waals surface area contributed by atoms with Gasteiger partial charge in [-0.1, -0.05) is 24.3 Å². The van der Waals surface area contributed by atoms with Gasteiger partial charge in [0.05, 0.1) is 18.5 Å². The summed E-state index contributed by atoms with van der Waals surface area (Å²) in [5.41, 5.74) is 1.48. The van der Waals surface area contributed by atoms with Gasteiger partial charge in [-0.3, -0.25) is 9.59 Å². The van der Waals surface area contributed by atoms with Crippen molar-refractivity contribution in [1.29, 1.82) is 0 Å². The molecule has 0 aliphatic heterocycles. The number of carbonyl (C=O) groups excluding carboxylic acids is 2. The standard InChI is InChI=1S/C22H22N2O4S/c1-27-18-4-2-5-19(14-18)28-12-11-23-21(25)17-9-7-16(8-10-17)15-24-22(26)20-6-3-13-29-20/h2-10,13-14H,11-12,15H2,1H3,(H,23,25)(H,24,26). The molecule has 0 fully saturated rings. The van der Waals surface area contributed by atoms with Crippen LogP contribution in [-0.4, -0.2) is 32.1 Å². The molecule has 2 N–H and O–H groups in total. The van der Waals surface area contributed by atoms with Crippen molar-refractivity contribution in [1.82, 2.24) is 10.6 Å². The molecule has 6 nitrogen and oxygen atoms in total. The largest absolute Gasteiger partial charge is 0.497 e. The maximum absolute atomic E-state index is 12.2. The lowest BCUT2D eigenvalue weighted by Crippen LogP contribution is -2.28. The average Bonchev–Trinajstić information content (AvgIpc) is 3.30. The summed E-state index contributed by atoms with van der Waals surface area (Å²) in [6.07, 6.45) is 0. The molecule has 1 aromatic heterocycles. The van der Waals surface area contributed by atoms with Gasteiger partial charge in [-0.05, 0) is 41.3 Å². The highest BCUT2D eigenvalue weighted by Gasteiger charge is 2.08. The molecule has 0 spiro atoms. The van der Waals surface area contributed by atoms with E-state index in [1.54, 1.807) is 31.4 Å². The summed E-state index contributed by atoms with van der Waals surface area (Å²) in [5.74, 6) is 1.14. The highest BCUT2D eigenvalue weighted by Crippen LogP contribution is 2.18. The van der Waals surface area contributed by atoms with Crippen LogP contribution in [0.5, 0.6) is 11.5 Å². The lowest BCUT2D eigenvalue weighted by Gasteiger charge is -2.09. The third-order valence-corrected chi connectivity index (χ3v) is 4.98. The Morgan fingerprint density at radius 2 is 1.72 bits per heavy atom. The van der Waals surface area contributed by atoms with Gasteiger partial charge in [0.15, 0.2) is 0 Å². The molecule has 29 heavy (non-hydrogen) atoms. The quantitative estimate of drug-likeness (QED) is 0.530. The first-order valence-corrected chi connectivity index (χ1v) is 9.99. The van der Waals surface area contributed by atoms with Crippen molar-refractivity contribution in [2.24, 2.45) is 0 Å². The molecule has 3 rings (SSSR count). The van der Waals surface area contributed by atoms with E-state index >= 15 is 0 Å². The summed E-state index contributed by atoms with van der Waals surface area (Å²) in [7, 11) is 1.60. The summed E-state index contributed by atoms with van der Waals surface area (Å²) in [6.45, 7) is 1.15. The van der Waals surface area contributed by atoms with E-state index in [0.29, 0.717) is 35.9 Å². The third kappa shape index (κ3) is 6.08. The predicted molar refractivity (Wildman–Crippen MR) is 113 cm³/mol. The summed E-state index contributed by atoms with van der Waals surface area (Å²) in [4.78, 5) is 24.9. The minimum atomic E-state index is -0.173. The number of nitrogens with one attached hydrogen (secondary N) is 2. The number of benzene rings is 2. The fourth-order valence-electron chi connectivity index (χ4n) is 2.58. The van der Waals surface area contributed by atoms with Crippen LogP contribution < -0.4 is 20.1 Å². The lowest BCUT2D eigenvalue weighted by molar-refractivity contribution is 0.0941. The number of hydrogen-bond acceptors (Lipinski definition) is 5. The number of carbonyl (C=O) groups is 2.